The minimum atomic E-state index is -0.598. The Labute approximate surface area is 177 Å². The Morgan fingerprint density at radius 2 is 1.77 bits per heavy atom. The second kappa shape index (κ2) is 7.49. The summed E-state index contributed by atoms with van der Waals surface area (Å²) in [6.45, 7) is 1.76. The summed E-state index contributed by atoms with van der Waals surface area (Å²) in [4.78, 5) is 27.0. The smallest absolute Gasteiger partial charge is 0.259 e. The van der Waals surface area contributed by atoms with Crippen molar-refractivity contribution in [3.8, 4) is 17.4 Å². The highest BCUT2D eigenvalue weighted by Crippen LogP contribution is 2.36. The molecule has 2 aliphatic heterocycles. The summed E-state index contributed by atoms with van der Waals surface area (Å²) in [7, 11) is 3.06. The van der Waals surface area contributed by atoms with E-state index in [-0.39, 0.29) is 23.4 Å². The zero-order chi connectivity index (χ0) is 21.5. The molecule has 2 unspecified atom stereocenters. The van der Waals surface area contributed by atoms with Crippen LogP contribution in [0.15, 0.2) is 36.7 Å². The number of benzene rings is 1. The van der Waals surface area contributed by atoms with Gasteiger partial charge in [0, 0.05) is 25.6 Å². The zero-order valence-corrected chi connectivity index (χ0v) is 17.0. The highest BCUT2D eigenvalue weighted by atomic mass is 19.1. The Bertz CT molecular complexity index is 1100. The Balaban J connectivity index is 1.39. The summed E-state index contributed by atoms with van der Waals surface area (Å²) in [6, 6.07) is 5.98. The molecule has 0 N–H and O–H groups in total. The first kappa shape index (κ1) is 19.2. The van der Waals surface area contributed by atoms with Gasteiger partial charge in [0.05, 0.1) is 38.7 Å². The molecule has 0 spiro atoms. The number of ether oxygens (including phenoxy) is 2. The van der Waals surface area contributed by atoms with Crippen molar-refractivity contribution in [2.75, 3.05) is 38.8 Å². The van der Waals surface area contributed by atoms with Crippen LogP contribution in [0.25, 0.3) is 5.69 Å². The van der Waals surface area contributed by atoms with Gasteiger partial charge >= 0.3 is 0 Å². The number of carbonyl (C=O) groups excluding carboxylic acids is 1. The quantitative estimate of drug-likeness (QED) is 0.601. The van der Waals surface area contributed by atoms with Crippen LogP contribution in [0.3, 0.4) is 0 Å². The van der Waals surface area contributed by atoms with E-state index in [1.807, 2.05) is 4.90 Å². The first-order valence-electron chi connectivity index (χ1n) is 9.77. The van der Waals surface area contributed by atoms with E-state index in [1.54, 1.807) is 17.0 Å². The molecular weight excluding hydrogens is 405 g/mol. The van der Waals surface area contributed by atoms with E-state index in [1.165, 1.54) is 43.5 Å². The predicted molar refractivity (Wildman–Crippen MR) is 107 cm³/mol. The van der Waals surface area contributed by atoms with Gasteiger partial charge in [0.1, 0.15) is 17.1 Å². The third-order valence-corrected chi connectivity index (χ3v) is 5.71. The van der Waals surface area contributed by atoms with Crippen LogP contribution in [-0.4, -0.2) is 75.7 Å². The molecule has 4 heterocycles. The number of hydrogen-bond donors (Lipinski definition) is 0. The molecule has 1 aromatic carbocycles. The number of methoxy groups -OCH3 is 2. The van der Waals surface area contributed by atoms with Crippen LogP contribution >= 0.6 is 0 Å². The van der Waals surface area contributed by atoms with Crippen molar-refractivity contribution in [3.63, 3.8) is 0 Å². The van der Waals surface area contributed by atoms with Crippen molar-refractivity contribution < 1.29 is 18.7 Å². The highest BCUT2D eigenvalue weighted by Gasteiger charge is 2.49. The van der Waals surface area contributed by atoms with Crippen molar-refractivity contribution in [1.29, 1.82) is 0 Å². The second-order valence-electron chi connectivity index (χ2n) is 7.40. The number of rotatable bonds is 5. The Morgan fingerprint density at radius 3 is 2.45 bits per heavy atom. The van der Waals surface area contributed by atoms with Gasteiger partial charge in [-0.15, -0.1) is 0 Å². The topological polar surface area (TPSA) is 98.5 Å². The molecule has 2 saturated heterocycles. The highest BCUT2D eigenvalue weighted by molar-refractivity contribution is 5.98. The predicted octanol–water partition coefficient (Wildman–Crippen LogP) is 1.17. The van der Waals surface area contributed by atoms with Crippen molar-refractivity contribution in [1.82, 2.24) is 29.9 Å². The number of hydrogen-bond acceptors (Lipinski definition) is 8. The van der Waals surface area contributed by atoms with Crippen LogP contribution < -0.4 is 14.4 Å². The van der Waals surface area contributed by atoms with Gasteiger partial charge in [0.25, 0.3) is 5.91 Å². The normalized spacial score (nSPS) is 19.7. The lowest BCUT2D eigenvalue weighted by Gasteiger charge is -2.43. The maximum atomic E-state index is 14.7. The largest absolute Gasteiger partial charge is 0.481 e. The lowest BCUT2D eigenvalue weighted by Crippen LogP contribution is -2.58. The molecule has 5 rings (SSSR count). The van der Waals surface area contributed by atoms with E-state index in [0.29, 0.717) is 43.0 Å². The Morgan fingerprint density at radius 1 is 1.06 bits per heavy atom. The van der Waals surface area contributed by atoms with Gasteiger partial charge in [0.2, 0.25) is 17.7 Å². The summed E-state index contributed by atoms with van der Waals surface area (Å²) in [5.41, 5.74) is 0.282. The third-order valence-electron chi connectivity index (χ3n) is 5.71. The first-order chi connectivity index (χ1) is 15.1. The number of likely N-dealkylation sites (tertiary alicyclic amines) is 1. The van der Waals surface area contributed by atoms with E-state index < -0.39 is 5.82 Å². The van der Waals surface area contributed by atoms with Crippen molar-refractivity contribution >= 4 is 11.9 Å². The Kier molecular flexibility index (Phi) is 4.64. The molecule has 2 aromatic heterocycles. The van der Waals surface area contributed by atoms with Crippen molar-refractivity contribution in [2.45, 2.75) is 6.04 Å². The monoisotopic (exact) mass is 425 g/mol. The molecule has 0 bridgehead atoms. The van der Waals surface area contributed by atoms with Crippen LogP contribution in [0.2, 0.25) is 0 Å². The fourth-order valence-corrected chi connectivity index (χ4v) is 4.15. The molecule has 160 valence electrons. The fourth-order valence-electron chi connectivity index (χ4n) is 4.15. The summed E-state index contributed by atoms with van der Waals surface area (Å²) >= 11 is 0. The maximum absolute atomic E-state index is 14.7. The number of fused-ring (bicyclic) bond motifs is 1. The molecule has 2 fully saturated rings. The summed E-state index contributed by atoms with van der Waals surface area (Å²) in [5, 5.41) is 8.09. The molecule has 10 nitrogen and oxygen atoms in total. The molecule has 1 amide bonds. The van der Waals surface area contributed by atoms with Crippen LogP contribution in [0.4, 0.5) is 10.3 Å². The van der Waals surface area contributed by atoms with E-state index >= 15 is 0 Å². The van der Waals surface area contributed by atoms with Gasteiger partial charge in [0.15, 0.2) is 0 Å². The second-order valence-corrected chi connectivity index (χ2v) is 7.40. The SMILES string of the molecule is COc1cc(OC)nc(N2CC3CN(C(=O)c4c(F)cccc4-n4nccn4)C3C2)n1. The van der Waals surface area contributed by atoms with Crippen molar-refractivity contribution in [2.24, 2.45) is 5.92 Å². The van der Waals surface area contributed by atoms with Gasteiger partial charge in [-0.3, -0.25) is 4.79 Å². The zero-order valence-electron chi connectivity index (χ0n) is 17.0. The van der Waals surface area contributed by atoms with E-state index in [0.717, 1.165) is 0 Å². The minimum absolute atomic E-state index is 0.0325. The number of aromatic nitrogens is 5. The van der Waals surface area contributed by atoms with Gasteiger partial charge in [-0.25, -0.2) is 4.39 Å². The van der Waals surface area contributed by atoms with E-state index in [2.05, 4.69) is 20.2 Å². The molecule has 11 heteroatoms. The van der Waals surface area contributed by atoms with Gasteiger partial charge in [-0.05, 0) is 12.1 Å². The van der Waals surface area contributed by atoms with Crippen molar-refractivity contribution in [3.05, 3.63) is 48.0 Å². The lowest BCUT2D eigenvalue weighted by molar-refractivity contribution is 0.0323. The number of carbonyl (C=O) groups is 1. The number of nitrogens with zero attached hydrogens (tertiary/aromatic N) is 7. The molecule has 0 saturated carbocycles. The summed E-state index contributed by atoms with van der Waals surface area (Å²) < 4.78 is 25.1. The summed E-state index contributed by atoms with van der Waals surface area (Å²) in [6.07, 6.45) is 2.96. The standard InChI is InChI=1S/C20H20FN7O3/c1-30-16-8-17(31-2)25-20(24-16)26-9-12-10-27(15(12)11-26)19(29)18-13(21)4-3-5-14(18)28-22-6-7-23-28/h3-8,12,15H,9-11H2,1-2H3. The molecule has 2 aliphatic rings. The first-order valence-corrected chi connectivity index (χ1v) is 9.77. The minimum Gasteiger partial charge on any atom is -0.481 e. The van der Waals surface area contributed by atoms with Gasteiger partial charge in [-0.2, -0.15) is 25.0 Å². The maximum Gasteiger partial charge on any atom is 0.259 e. The van der Waals surface area contributed by atoms with E-state index in [9.17, 15) is 9.18 Å². The number of amides is 1. The number of halogens is 1. The Hall–Kier alpha value is -3.76. The van der Waals surface area contributed by atoms with E-state index in [4.69, 9.17) is 9.47 Å². The lowest BCUT2D eigenvalue weighted by atomic mass is 9.91. The van der Waals surface area contributed by atoms with Crippen LogP contribution in [-0.2, 0) is 0 Å². The average molecular weight is 425 g/mol. The van der Waals surface area contributed by atoms with Gasteiger partial charge in [-0.1, -0.05) is 6.07 Å². The molecular formula is C20H20FN7O3. The third kappa shape index (κ3) is 3.22. The molecule has 0 radical (unpaired) electrons. The average Bonchev–Trinajstić information content (AvgIpc) is 3.42. The van der Waals surface area contributed by atoms with Crippen LogP contribution in [0, 0.1) is 11.7 Å². The molecule has 2 atom stereocenters. The molecule has 3 aromatic rings. The number of anilines is 1. The summed E-state index contributed by atoms with van der Waals surface area (Å²) in [5.74, 6) is 0.554. The molecule has 0 aliphatic carbocycles. The van der Waals surface area contributed by atoms with Gasteiger partial charge < -0.3 is 19.3 Å². The van der Waals surface area contributed by atoms with Crippen LogP contribution in [0.1, 0.15) is 10.4 Å². The van der Waals surface area contributed by atoms with Crippen LogP contribution in [0.5, 0.6) is 11.8 Å². The molecule has 31 heavy (non-hydrogen) atoms. The fraction of sp³-hybridized carbons (Fsp3) is 0.350.